The first-order valence-corrected chi connectivity index (χ1v) is 7.13. The van der Waals surface area contributed by atoms with Crippen LogP contribution in [0.1, 0.15) is 40.8 Å². The van der Waals surface area contributed by atoms with Gasteiger partial charge < -0.3 is 10.1 Å². The molecule has 3 nitrogen and oxygen atoms in total. The van der Waals surface area contributed by atoms with Crippen LogP contribution in [-0.2, 0) is 18.0 Å². The monoisotopic (exact) mass is 268 g/mol. The number of aromatic nitrogens is 1. The van der Waals surface area contributed by atoms with Crippen LogP contribution in [-0.4, -0.2) is 11.5 Å². The number of pyridine rings is 1. The van der Waals surface area contributed by atoms with Crippen LogP contribution in [0.5, 0.6) is 0 Å². The van der Waals surface area contributed by atoms with Gasteiger partial charge in [-0.3, -0.25) is 4.98 Å². The second kappa shape index (κ2) is 5.73. The summed E-state index contributed by atoms with van der Waals surface area (Å²) in [4.78, 5) is 4.28. The summed E-state index contributed by atoms with van der Waals surface area (Å²) in [6.45, 7) is 6.67. The molecular formula is C17H20N2O. The number of hydrogen-bond acceptors (Lipinski definition) is 3. The van der Waals surface area contributed by atoms with E-state index < -0.39 is 0 Å². The predicted molar refractivity (Wildman–Crippen MR) is 79.4 cm³/mol. The molecule has 1 aliphatic rings. The molecule has 1 aromatic carbocycles. The quantitative estimate of drug-likeness (QED) is 0.925. The molecule has 2 aromatic rings. The van der Waals surface area contributed by atoms with Crippen LogP contribution in [0.25, 0.3) is 0 Å². The van der Waals surface area contributed by atoms with Crippen LogP contribution in [0.4, 0.5) is 0 Å². The molecule has 0 fully saturated rings. The molecule has 104 valence electrons. The molecule has 0 aliphatic carbocycles. The first-order chi connectivity index (χ1) is 9.79. The van der Waals surface area contributed by atoms with Crippen molar-refractivity contribution < 1.29 is 4.74 Å². The normalized spacial score (nSPS) is 15.1. The summed E-state index contributed by atoms with van der Waals surface area (Å²) in [5.74, 6) is 0. The van der Waals surface area contributed by atoms with E-state index >= 15 is 0 Å². The van der Waals surface area contributed by atoms with Crippen LogP contribution >= 0.6 is 0 Å². The number of nitrogens with one attached hydrogen (secondary N) is 1. The Morgan fingerprint density at radius 1 is 1.25 bits per heavy atom. The molecule has 1 aliphatic heterocycles. The molecule has 0 saturated heterocycles. The fourth-order valence-corrected chi connectivity index (χ4v) is 2.76. The fourth-order valence-electron chi connectivity index (χ4n) is 2.76. The third kappa shape index (κ3) is 2.47. The van der Waals surface area contributed by atoms with E-state index in [1.54, 1.807) is 0 Å². The molecule has 0 amide bonds. The highest BCUT2D eigenvalue weighted by Gasteiger charge is 2.18. The van der Waals surface area contributed by atoms with Crippen LogP contribution in [0.15, 0.2) is 36.7 Å². The lowest BCUT2D eigenvalue weighted by Gasteiger charge is -2.21. The molecule has 20 heavy (non-hydrogen) atoms. The van der Waals surface area contributed by atoms with Crippen molar-refractivity contribution in [2.45, 2.75) is 33.1 Å². The Morgan fingerprint density at radius 3 is 2.90 bits per heavy atom. The standard InChI is InChI=1S/C17H20N2O/c1-3-19-17(16-9-18-7-6-12(16)2)13-4-5-14-10-20-11-15(14)8-13/h4-9,17,19H,3,10-11H2,1-2H3. The van der Waals surface area contributed by atoms with Crippen LogP contribution in [0.3, 0.4) is 0 Å². The number of fused-ring (bicyclic) bond motifs is 1. The van der Waals surface area contributed by atoms with E-state index in [1.165, 1.54) is 27.8 Å². The zero-order chi connectivity index (χ0) is 13.9. The molecular weight excluding hydrogens is 248 g/mol. The van der Waals surface area contributed by atoms with Crippen LogP contribution < -0.4 is 5.32 Å². The van der Waals surface area contributed by atoms with Gasteiger partial charge >= 0.3 is 0 Å². The molecule has 2 heterocycles. The van der Waals surface area contributed by atoms with Crippen molar-refractivity contribution in [1.29, 1.82) is 0 Å². The third-order valence-electron chi connectivity index (χ3n) is 3.88. The Kier molecular flexibility index (Phi) is 3.81. The summed E-state index contributed by atoms with van der Waals surface area (Å²) in [5, 5.41) is 3.57. The van der Waals surface area contributed by atoms with Gasteiger partial charge in [0.05, 0.1) is 19.3 Å². The van der Waals surface area contributed by atoms with Crippen molar-refractivity contribution in [3.05, 3.63) is 64.5 Å². The Bertz CT molecular complexity index is 610. The van der Waals surface area contributed by atoms with Gasteiger partial charge in [0.15, 0.2) is 0 Å². The highest BCUT2D eigenvalue weighted by Crippen LogP contribution is 2.28. The lowest BCUT2D eigenvalue weighted by Crippen LogP contribution is -2.23. The lowest BCUT2D eigenvalue weighted by molar-refractivity contribution is 0.134. The van der Waals surface area contributed by atoms with Gasteiger partial charge in [-0.05, 0) is 47.4 Å². The first kappa shape index (κ1) is 13.3. The van der Waals surface area contributed by atoms with Crippen LogP contribution in [0.2, 0.25) is 0 Å². The zero-order valence-electron chi connectivity index (χ0n) is 12.0. The maximum Gasteiger partial charge on any atom is 0.0725 e. The zero-order valence-corrected chi connectivity index (χ0v) is 12.0. The van der Waals surface area contributed by atoms with Gasteiger partial charge in [0, 0.05) is 12.4 Å². The molecule has 1 N–H and O–H groups in total. The van der Waals surface area contributed by atoms with Crippen molar-refractivity contribution in [1.82, 2.24) is 10.3 Å². The van der Waals surface area contributed by atoms with E-state index in [0.717, 1.165) is 19.8 Å². The second-order valence-electron chi connectivity index (χ2n) is 5.24. The summed E-state index contributed by atoms with van der Waals surface area (Å²) < 4.78 is 5.51. The lowest BCUT2D eigenvalue weighted by atomic mass is 9.94. The molecule has 0 saturated carbocycles. The minimum Gasteiger partial charge on any atom is -0.372 e. The minimum atomic E-state index is 0.194. The van der Waals surface area contributed by atoms with Crippen molar-refractivity contribution in [2.75, 3.05) is 6.54 Å². The van der Waals surface area contributed by atoms with E-state index in [1.807, 2.05) is 12.4 Å². The Morgan fingerprint density at radius 2 is 2.10 bits per heavy atom. The van der Waals surface area contributed by atoms with E-state index in [-0.39, 0.29) is 6.04 Å². The van der Waals surface area contributed by atoms with Gasteiger partial charge in [0.2, 0.25) is 0 Å². The van der Waals surface area contributed by atoms with Gasteiger partial charge in [0.1, 0.15) is 0 Å². The van der Waals surface area contributed by atoms with Crippen LogP contribution in [0, 0.1) is 6.92 Å². The van der Waals surface area contributed by atoms with Gasteiger partial charge in [-0.2, -0.15) is 0 Å². The number of aryl methyl sites for hydroxylation is 1. The Labute approximate surface area is 120 Å². The number of rotatable bonds is 4. The number of benzene rings is 1. The summed E-state index contributed by atoms with van der Waals surface area (Å²) in [5.41, 5.74) is 6.42. The van der Waals surface area contributed by atoms with E-state index in [0.29, 0.717) is 0 Å². The average molecular weight is 268 g/mol. The maximum atomic E-state index is 5.51. The van der Waals surface area contributed by atoms with Crippen molar-refractivity contribution >= 4 is 0 Å². The van der Waals surface area contributed by atoms with Crippen molar-refractivity contribution in [2.24, 2.45) is 0 Å². The number of hydrogen-bond donors (Lipinski definition) is 1. The largest absolute Gasteiger partial charge is 0.372 e. The Hall–Kier alpha value is -1.71. The van der Waals surface area contributed by atoms with Gasteiger partial charge in [-0.1, -0.05) is 25.1 Å². The molecule has 3 rings (SSSR count). The smallest absolute Gasteiger partial charge is 0.0725 e. The van der Waals surface area contributed by atoms with Gasteiger partial charge in [-0.15, -0.1) is 0 Å². The fraction of sp³-hybridized carbons (Fsp3) is 0.353. The van der Waals surface area contributed by atoms with Crippen molar-refractivity contribution in [3.8, 4) is 0 Å². The highest BCUT2D eigenvalue weighted by molar-refractivity contribution is 5.40. The molecule has 1 atom stereocenters. The topological polar surface area (TPSA) is 34.1 Å². The number of ether oxygens (including phenoxy) is 1. The average Bonchev–Trinajstić information content (AvgIpc) is 2.93. The molecule has 1 aromatic heterocycles. The molecule has 1 unspecified atom stereocenters. The summed E-state index contributed by atoms with van der Waals surface area (Å²) >= 11 is 0. The van der Waals surface area contributed by atoms with Crippen molar-refractivity contribution in [3.63, 3.8) is 0 Å². The number of nitrogens with zero attached hydrogens (tertiary/aromatic N) is 1. The summed E-state index contributed by atoms with van der Waals surface area (Å²) in [6.07, 6.45) is 3.81. The van der Waals surface area contributed by atoms with E-state index in [9.17, 15) is 0 Å². The third-order valence-corrected chi connectivity index (χ3v) is 3.88. The second-order valence-corrected chi connectivity index (χ2v) is 5.24. The highest BCUT2D eigenvalue weighted by atomic mass is 16.5. The van der Waals surface area contributed by atoms with Gasteiger partial charge in [-0.25, -0.2) is 0 Å². The summed E-state index contributed by atoms with van der Waals surface area (Å²) in [6, 6.07) is 8.92. The molecule has 0 radical (unpaired) electrons. The minimum absolute atomic E-state index is 0.194. The van der Waals surface area contributed by atoms with E-state index in [4.69, 9.17) is 4.74 Å². The molecule has 0 spiro atoms. The predicted octanol–water partition coefficient (Wildman–Crippen LogP) is 3.12. The molecule has 0 bridgehead atoms. The Balaban J connectivity index is 2.01. The summed E-state index contributed by atoms with van der Waals surface area (Å²) in [7, 11) is 0. The van der Waals surface area contributed by atoms with Gasteiger partial charge in [0.25, 0.3) is 0 Å². The molecule has 3 heteroatoms. The maximum absolute atomic E-state index is 5.51. The SMILES string of the molecule is CCNC(c1ccc2c(c1)COC2)c1cnccc1C. The van der Waals surface area contributed by atoms with E-state index in [2.05, 4.69) is 48.4 Å². The first-order valence-electron chi connectivity index (χ1n) is 7.13.